The fraction of sp³-hybridized carbons (Fsp3) is 0.200. The molecule has 0 radical (unpaired) electrons. The number of hydrogen-bond acceptors (Lipinski definition) is 7. The van der Waals surface area contributed by atoms with E-state index in [4.69, 9.17) is 9.72 Å². The van der Waals surface area contributed by atoms with Crippen LogP contribution in [0.1, 0.15) is 15.9 Å². The molecule has 5 aromatic rings. The average Bonchev–Trinajstić information content (AvgIpc) is 3.30. The van der Waals surface area contributed by atoms with Crippen LogP contribution in [0.4, 0.5) is 0 Å². The van der Waals surface area contributed by atoms with Gasteiger partial charge in [0.15, 0.2) is 5.65 Å². The summed E-state index contributed by atoms with van der Waals surface area (Å²) in [4.78, 5) is 28.1. The lowest BCUT2D eigenvalue weighted by atomic mass is 10.1. The molecule has 34 heavy (non-hydrogen) atoms. The quantitative estimate of drug-likeness (QED) is 0.414. The molecule has 0 aliphatic carbocycles. The highest BCUT2D eigenvalue weighted by atomic mass is 16.5. The molecule has 6 rings (SSSR count). The van der Waals surface area contributed by atoms with Gasteiger partial charge in [0.25, 0.3) is 5.91 Å². The van der Waals surface area contributed by atoms with Crippen LogP contribution in [-0.4, -0.2) is 67.1 Å². The summed E-state index contributed by atoms with van der Waals surface area (Å²) in [7, 11) is 0. The van der Waals surface area contributed by atoms with Gasteiger partial charge in [0, 0.05) is 35.8 Å². The van der Waals surface area contributed by atoms with E-state index in [-0.39, 0.29) is 5.91 Å². The zero-order chi connectivity index (χ0) is 22.9. The van der Waals surface area contributed by atoms with E-state index in [9.17, 15) is 4.79 Å². The van der Waals surface area contributed by atoms with Crippen LogP contribution in [-0.2, 0) is 11.3 Å². The molecule has 168 valence electrons. The molecule has 0 spiro atoms. The SMILES string of the molecule is O=C(c1ccc(-c2cnc3nnn(Cc4ccc5ncccc5c4)c3n2)cc1)N1CCOCC1. The zero-order valence-corrected chi connectivity index (χ0v) is 18.3. The van der Waals surface area contributed by atoms with Gasteiger partial charge in [0.2, 0.25) is 5.65 Å². The van der Waals surface area contributed by atoms with Gasteiger partial charge in [-0.1, -0.05) is 29.5 Å². The number of fused-ring (bicyclic) bond motifs is 2. The van der Waals surface area contributed by atoms with E-state index in [2.05, 4.69) is 26.3 Å². The van der Waals surface area contributed by atoms with Crippen LogP contribution in [0.3, 0.4) is 0 Å². The molecule has 3 aromatic heterocycles. The maximum Gasteiger partial charge on any atom is 0.254 e. The van der Waals surface area contributed by atoms with Crippen molar-refractivity contribution < 1.29 is 9.53 Å². The molecular formula is C25H21N7O2. The van der Waals surface area contributed by atoms with Crippen LogP contribution in [0.5, 0.6) is 0 Å². The standard InChI is InChI=1S/C25H21N7O2/c33-25(31-10-12-34-13-11-31)19-6-4-18(5-7-19)22-15-27-23-24(28-22)32(30-29-23)16-17-3-8-21-20(14-17)2-1-9-26-21/h1-9,14-15H,10-13,16H2. The third-order valence-electron chi connectivity index (χ3n) is 5.95. The largest absolute Gasteiger partial charge is 0.378 e. The first-order chi connectivity index (χ1) is 16.7. The summed E-state index contributed by atoms with van der Waals surface area (Å²) in [5.41, 5.74) is 5.35. The molecule has 9 nitrogen and oxygen atoms in total. The van der Waals surface area contributed by atoms with E-state index in [1.807, 2.05) is 53.4 Å². The smallest absolute Gasteiger partial charge is 0.254 e. The van der Waals surface area contributed by atoms with E-state index in [0.717, 1.165) is 22.0 Å². The van der Waals surface area contributed by atoms with Gasteiger partial charge in [-0.25, -0.2) is 14.6 Å². The number of amides is 1. The van der Waals surface area contributed by atoms with Gasteiger partial charge in [-0.15, -0.1) is 5.10 Å². The van der Waals surface area contributed by atoms with Crippen LogP contribution in [0.25, 0.3) is 33.5 Å². The Bertz CT molecular complexity index is 1490. The van der Waals surface area contributed by atoms with Crippen molar-refractivity contribution in [1.82, 2.24) is 34.8 Å². The summed E-state index contributed by atoms with van der Waals surface area (Å²) in [5.74, 6) is 0.0178. The first-order valence-corrected chi connectivity index (χ1v) is 11.1. The van der Waals surface area contributed by atoms with E-state index < -0.39 is 0 Å². The normalized spacial score (nSPS) is 14.1. The topological polar surface area (TPSA) is 98.9 Å². The van der Waals surface area contributed by atoms with Gasteiger partial charge in [-0.05, 0) is 35.9 Å². The molecule has 9 heteroatoms. The van der Waals surface area contributed by atoms with Crippen LogP contribution < -0.4 is 0 Å². The van der Waals surface area contributed by atoms with Gasteiger partial charge >= 0.3 is 0 Å². The van der Waals surface area contributed by atoms with Gasteiger partial charge < -0.3 is 9.64 Å². The second kappa shape index (κ2) is 8.60. The van der Waals surface area contributed by atoms with Crippen molar-refractivity contribution >= 4 is 28.1 Å². The zero-order valence-electron chi connectivity index (χ0n) is 18.3. The Morgan fingerprint density at radius 2 is 1.85 bits per heavy atom. The summed E-state index contributed by atoms with van der Waals surface area (Å²) < 4.78 is 7.08. The summed E-state index contributed by atoms with van der Waals surface area (Å²) >= 11 is 0. The number of morpholine rings is 1. The number of rotatable bonds is 4. The number of benzene rings is 2. The Hall–Kier alpha value is -4.24. The molecule has 0 N–H and O–H groups in total. The first kappa shape index (κ1) is 20.4. The summed E-state index contributed by atoms with van der Waals surface area (Å²) in [6, 6.07) is 17.5. The molecule has 1 aliphatic heterocycles. The predicted octanol–water partition coefficient (Wildman–Crippen LogP) is 2.96. The van der Waals surface area contributed by atoms with Crippen molar-refractivity contribution in [2.75, 3.05) is 26.3 Å². The van der Waals surface area contributed by atoms with Crippen molar-refractivity contribution in [2.24, 2.45) is 0 Å². The number of ether oxygens (including phenoxy) is 1. The molecule has 0 unspecified atom stereocenters. The van der Waals surface area contributed by atoms with Crippen molar-refractivity contribution in [3.8, 4) is 11.3 Å². The van der Waals surface area contributed by atoms with E-state index in [1.54, 1.807) is 17.1 Å². The van der Waals surface area contributed by atoms with Crippen LogP contribution in [0, 0.1) is 0 Å². The Morgan fingerprint density at radius 3 is 2.71 bits per heavy atom. The number of hydrogen-bond donors (Lipinski definition) is 0. The minimum Gasteiger partial charge on any atom is -0.378 e. The van der Waals surface area contributed by atoms with Crippen LogP contribution >= 0.6 is 0 Å². The van der Waals surface area contributed by atoms with Crippen LogP contribution in [0.15, 0.2) is 67.0 Å². The maximum atomic E-state index is 12.7. The Labute approximate surface area is 195 Å². The maximum absolute atomic E-state index is 12.7. The van der Waals surface area contributed by atoms with Gasteiger partial charge in [0.05, 0.1) is 37.2 Å². The molecule has 0 saturated carbocycles. The molecule has 1 amide bonds. The van der Waals surface area contributed by atoms with E-state index in [0.29, 0.717) is 55.4 Å². The predicted molar refractivity (Wildman–Crippen MR) is 126 cm³/mol. The highest BCUT2D eigenvalue weighted by Crippen LogP contribution is 2.21. The van der Waals surface area contributed by atoms with Crippen molar-refractivity contribution in [1.29, 1.82) is 0 Å². The Balaban J connectivity index is 1.27. The monoisotopic (exact) mass is 451 g/mol. The molecule has 0 atom stereocenters. The second-order valence-electron chi connectivity index (χ2n) is 8.16. The molecule has 1 fully saturated rings. The Kier molecular flexibility index (Phi) is 5.15. The lowest BCUT2D eigenvalue weighted by molar-refractivity contribution is 0.0303. The molecule has 1 saturated heterocycles. The number of carbonyl (C=O) groups excluding carboxylic acids is 1. The second-order valence-corrected chi connectivity index (χ2v) is 8.16. The molecule has 2 aromatic carbocycles. The summed E-state index contributed by atoms with van der Waals surface area (Å²) in [6.45, 7) is 2.92. The third kappa shape index (κ3) is 3.86. The third-order valence-corrected chi connectivity index (χ3v) is 5.95. The number of aromatic nitrogens is 6. The fourth-order valence-corrected chi connectivity index (χ4v) is 4.13. The first-order valence-electron chi connectivity index (χ1n) is 11.1. The summed E-state index contributed by atoms with van der Waals surface area (Å²) in [6.07, 6.45) is 3.47. The van der Waals surface area contributed by atoms with Crippen LogP contribution in [0.2, 0.25) is 0 Å². The lowest BCUT2D eigenvalue weighted by Gasteiger charge is -2.26. The number of nitrogens with zero attached hydrogens (tertiary/aromatic N) is 7. The number of pyridine rings is 1. The van der Waals surface area contributed by atoms with Gasteiger partial charge in [-0.3, -0.25) is 9.78 Å². The van der Waals surface area contributed by atoms with E-state index >= 15 is 0 Å². The van der Waals surface area contributed by atoms with Crippen molar-refractivity contribution in [3.63, 3.8) is 0 Å². The summed E-state index contributed by atoms with van der Waals surface area (Å²) in [5, 5.41) is 9.50. The highest BCUT2D eigenvalue weighted by molar-refractivity contribution is 5.94. The average molecular weight is 451 g/mol. The van der Waals surface area contributed by atoms with Gasteiger partial charge in [0.1, 0.15) is 0 Å². The van der Waals surface area contributed by atoms with Gasteiger partial charge in [-0.2, -0.15) is 0 Å². The molecule has 1 aliphatic rings. The van der Waals surface area contributed by atoms with Crippen molar-refractivity contribution in [3.05, 3.63) is 78.1 Å². The van der Waals surface area contributed by atoms with E-state index in [1.165, 1.54) is 0 Å². The highest BCUT2D eigenvalue weighted by Gasteiger charge is 2.18. The molecular weight excluding hydrogens is 430 g/mol. The minimum atomic E-state index is 0.0178. The Morgan fingerprint density at radius 1 is 1.00 bits per heavy atom. The molecule has 0 bridgehead atoms. The minimum absolute atomic E-state index is 0.0178. The fourth-order valence-electron chi connectivity index (χ4n) is 4.13. The number of carbonyl (C=O) groups is 1. The molecule has 4 heterocycles. The lowest BCUT2D eigenvalue weighted by Crippen LogP contribution is -2.40. The van der Waals surface area contributed by atoms with Crippen molar-refractivity contribution in [2.45, 2.75) is 6.54 Å².